The number of fused-ring (bicyclic) bond motifs is 1. The molecule has 1 aromatic heterocycles. The molecule has 2 saturated heterocycles. The fourth-order valence-electron chi connectivity index (χ4n) is 4.81. The van der Waals surface area contributed by atoms with E-state index in [1.165, 1.54) is 0 Å². The van der Waals surface area contributed by atoms with Gasteiger partial charge in [-0.3, -0.25) is 0 Å². The van der Waals surface area contributed by atoms with Gasteiger partial charge in [-0.05, 0) is 44.1 Å². The Morgan fingerprint density at radius 1 is 1.09 bits per heavy atom. The van der Waals surface area contributed by atoms with Crippen LogP contribution in [0.2, 0.25) is 0 Å². The summed E-state index contributed by atoms with van der Waals surface area (Å²) in [6.45, 7) is 6.99. The van der Waals surface area contributed by atoms with Crippen LogP contribution in [0.3, 0.4) is 0 Å². The zero-order chi connectivity index (χ0) is 22.9. The summed E-state index contributed by atoms with van der Waals surface area (Å²) in [5.74, 6) is 2.98. The van der Waals surface area contributed by atoms with Crippen molar-refractivity contribution in [2.45, 2.75) is 39.2 Å². The van der Waals surface area contributed by atoms with Gasteiger partial charge in [0.05, 0.1) is 19.7 Å². The molecule has 0 aliphatic carbocycles. The topological polar surface area (TPSA) is 96.9 Å². The van der Waals surface area contributed by atoms with Crippen LogP contribution in [0.4, 0.5) is 5.82 Å². The van der Waals surface area contributed by atoms with Crippen LogP contribution in [-0.2, 0) is 10.2 Å². The van der Waals surface area contributed by atoms with E-state index in [1.54, 1.807) is 24.9 Å². The van der Waals surface area contributed by atoms with E-state index in [1.807, 2.05) is 19.1 Å². The van der Waals surface area contributed by atoms with E-state index >= 15 is 0 Å². The van der Waals surface area contributed by atoms with Crippen LogP contribution in [-0.4, -0.2) is 69.1 Å². The summed E-state index contributed by atoms with van der Waals surface area (Å²) < 4.78 is 40.1. The van der Waals surface area contributed by atoms with Crippen LogP contribution in [0.5, 0.6) is 11.5 Å². The maximum atomic E-state index is 12.4. The first kappa shape index (κ1) is 23.0. The van der Waals surface area contributed by atoms with Gasteiger partial charge < -0.3 is 14.4 Å². The van der Waals surface area contributed by atoms with Gasteiger partial charge in [0.1, 0.15) is 12.1 Å². The third-order valence-electron chi connectivity index (χ3n) is 6.76. The van der Waals surface area contributed by atoms with Gasteiger partial charge in [0.25, 0.3) is 10.2 Å². The van der Waals surface area contributed by atoms with Gasteiger partial charge in [0, 0.05) is 43.7 Å². The van der Waals surface area contributed by atoms with Crippen molar-refractivity contribution in [3.8, 4) is 11.5 Å². The minimum absolute atomic E-state index is 0.0103. The Morgan fingerprint density at radius 3 is 2.44 bits per heavy atom. The fourth-order valence-corrected chi connectivity index (χ4v) is 6.36. The molecule has 0 saturated carbocycles. The molecule has 2 fully saturated rings. The number of piperidine rings is 1. The van der Waals surface area contributed by atoms with Gasteiger partial charge in [-0.25, -0.2) is 9.97 Å². The number of nitrogens with one attached hydrogen (secondary N) is 1. The summed E-state index contributed by atoms with van der Waals surface area (Å²) in [6, 6.07) is 3.83. The van der Waals surface area contributed by atoms with Gasteiger partial charge in [0.2, 0.25) is 0 Å². The van der Waals surface area contributed by atoms with E-state index in [0.717, 1.165) is 49.1 Å². The molecule has 0 amide bonds. The predicted molar refractivity (Wildman–Crippen MR) is 124 cm³/mol. The minimum Gasteiger partial charge on any atom is -0.493 e. The number of rotatable bonds is 6. The molecule has 2 aliphatic heterocycles. The number of hydrogen-bond donors (Lipinski definition) is 1. The smallest absolute Gasteiger partial charge is 0.279 e. The molecular formula is C22H33N5O4S. The number of methoxy groups -OCH3 is 2. The quantitative estimate of drug-likeness (QED) is 0.703. The molecule has 10 heteroatoms. The van der Waals surface area contributed by atoms with E-state index in [0.29, 0.717) is 36.4 Å². The third-order valence-corrected chi connectivity index (χ3v) is 8.47. The summed E-state index contributed by atoms with van der Waals surface area (Å²) in [4.78, 5) is 11.3. The van der Waals surface area contributed by atoms with E-state index in [2.05, 4.69) is 26.5 Å². The molecule has 0 bridgehead atoms. The Kier molecular flexibility index (Phi) is 6.73. The first-order valence-electron chi connectivity index (χ1n) is 11.2. The first-order chi connectivity index (χ1) is 15.3. The van der Waals surface area contributed by atoms with Crippen LogP contribution in [0.1, 0.15) is 33.1 Å². The van der Waals surface area contributed by atoms with Crippen molar-refractivity contribution in [2.24, 2.45) is 11.8 Å². The minimum atomic E-state index is -3.36. The molecule has 4 rings (SSSR count). The second kappa shape index (κ2) is 9.36. The second-order valence-corrected chi connectivity index (χ2v) is 10.6. The van der Waals surface area contributed by atoms with Crippen molar-refractivity contribution in [1.82, 2.24) is 19.0 Å². The second-order valence-electron chi connectivity index (χ2n) is 8.89. The number of nitrogens with zero attached hydrogens (tertiary/aromatic N) is 4. The van der Waals surface area contributed by atoms with Gasteiger partial charge in [0.15, 0.2) is 11.5 Å². The van der Waals surface area contributed by atoms with E-state index in [4.69, 9.17) is 9.47 Å². The largest absolute Gasteiger partial charge is 0.493 e. The van der Waals surface area contributed by atoms with Crippen LogP contribution < -0.4 is 19.1 Å². The van der Waals surface area contributed by atoms with Crippen LogP contribution >= 0.6 is 0 Å². The van der Waals surface area contributed by atoms with Crippen molar-refractivity contribution >= 4 is 26.9 Å². The number of ether oxygens (including phenoxy) is 2. The third kappa shape index (κ3) is 4.62. The Morgan fingerprint density at radius 2 is 1.78 bits per heavy atom. The van der Waals surface area contributed by atoms with Crippen molar-refractivity contribution in [3.05, 3.63) is 18.5 Å². The molecule has 32 heavy (non-hydrogen) atoms. The van der Waals surface area contributed by atoms with Gasteiger partial charge in [-0.2, -0.15) is 17.4 Å². The van der Waals surface area contributed by atoms with Crippen LogP contribution in [0, 0.1) is 11.8 Å². The SMILES string of the molecule is COc1cc2ncnc(N3CCC(C(C)CN4CCC(C)NS4(=O)=O)CC3)c2cc1OC. The molecule has 2 aromatic rings. The van der Waals surface area contributed by atoms with Crippen molar-refractivity contribution in [3.63, 3.8) is 0 Å². The molecule has 176 valence electrons. The normalized spacial score (nSPS) is 23.2. The Balaban J connectivity index is 1.44. The lowest BCUT2D eigenvalue weighted by atomic mass is 9.85. The molecule has 0 spiro atoms. The first-order valence-corrected chi connectivity index (χ1v) is 12.7. The summed E-state index contributed by atoms with van der Waals surface area (Å²) in [7, 11) is -0.125. The number of anilines is 1. The van der Waals surface area contributed by atoms with Gasteiger partial charge >= 0.3 is 0 Å². The summed E-state index contributed by atoms with van der Waals surface area (Å²) in [5.41, 5.74) is 0.820. The summed E-state index contributed by atoms with van der Waals surface area (Å²) in [6.07, 6.45) is 4.43. The summed E-state index contributed by atoms with van der Waals surface area (Å²) >= 11 is 0. The Bertz CT molecular complexity index is 1060. The molecule has 0 radical (unpaired) electrons. The monoisotopic (exact) mass is 463 g/mol. The molecule has 3 heterocycles. The highest BCUT2D eigenvalue weighted by atomic mass is 32.2. The number of hydrogen-bond acceptors (Lipinski definition) is 7. The fraction of sp³-hybridized carbons (Fsp3) is 0.636. The highest BCUT2D eigenvalue weighted by Gasteiger charge is 2.33. The number of aromatic nitrogens is 2. The average Bonchev–Trinajstić information content (AvgIpc) is 2.79. The molecule has 2 aliphatic rings. The average molecular weight is 464 g/mol. The number of benzene rings is 1. The zero-order valence-corrected chi connectivity index (χ0v) is 20.1. The Hall–Kier alpha value is -2.17. The maximum absolute atomic E-state index is 12.4. The highest BCUT2D eigenvalue weighted by Crippen LogP contribution is 2.36. The van der Waals surface area contributed by atoms with Crippen LogP contribution in [0.25, 0.3) is 10.9 Å². The standard InChI is InChI=1S/C22H33N5O4S/c1-15(13-27-10-5-16(2)25-32(27,28)29)17-6-8-26(9-7-17)22-18-11-20(30-3)21(31-4)12-19(18)23-14-24-22/h11-12,14-17,25H,5-10,13H2,1-4H3. The van der Waals surface area contributed by atoms with E-state index in [9.17, 15) is 8.42 Å². The Labute approximate surface area is 190 Å². The molecule has 2 unspecified atom stereocenters. The van der Waals surface area contributed by atoms with Crippen molar-refractivity contribution < 1.29 is 17.9 Å². The summed E-state index contributed by atoms with van der Waals surface area (Å²) in [5, 5.41) is 0.941. The highest BCUT2D eigenvalue weighted by molar-refractivity contribution is 7.87. The van der Waals surface area contributed by atoms with Gasteiger partial charge in [-0.1, -0.05) is 6.92 Å². The zero-order valence-electron chi connectivity index (χ0n) is 19.2. The predicted octanol–water partition coefficient (Wildman–Crippen LogP) is 2.43. The van der Waals surface area contributed by atoms with Crippen molar-refractivity contribution in [1.29, 1.82) is 0 Å². The molecular weight excluding hydrogens is 430 g/mol. The van der Waals surface area contributed by atoms with E-state index < -0.39 is 10.2 Å². The van der Waals surface area contributed by atoms with Gasteiger partial charge in [-0.15, -0.1) is 0 Å². The molecule has 1 aromatic carbocycles. The molecule has 1 N–H and O–H groups in total. The lowest BCUT2D eigenvalue weighted by Gasteiger charge is -2.38. The lowest BCUT2D eigenvalue weighted by molar-refractivity contribution is 0.230. The van der Waals surface area contributed by atoms with Crippen LogP contribution in [0.15, 0.2) is 18.5 Å². The van der Waals surface area contributed by atoms with Crippen molar-refractivity contribution in [2.75, 3.05) is 45.3 Å². The molecule has 9 nitrogen and oxygen atoms in total. The van der Waals surface area contributed by atoms with E-state index in [-0.39, 0.29) is 6.04 Å². The molecule has 2 atom stereocenters. The lowest BCUT2D eigenvalue weighted by Crippen LogP contribution is -2.52. The maximum Gasteiger partial charge on any atom is 0.279 e.